The second kappa shape index (κ2) is 8.91. The fraction of sp³-hybridized carbons (Fsp3) is 0.273. The third-order valence-electron chi connectivity index (χ3n) is 4.95. The van der Waals surface area contributed by atoms with E-state index in [2.05, 4.69) is 15.1 Å². The predicted octanol–water partition coefficient (Wildman–Crippen LogP) is 2.89. The second-order valence-electron chi connectivity index (χ2n) is 7.43. The standard InChI is InChI=1S/C22H24N4O4S/c1-30-21-11-10-19(31(28,29)25-17-8-9-17)13-20(21)24-22(27)12-7-16-14-23-26(15-16)18-5-3-2-4-6-18/h2-6,10-11,13-15,17,25H,7-9,12H2,1H3,(H,24,27). The quantitative estimate of drug-likeness (QED) is 0.533. The van der Waals surface area contributed by atoms with Crippen LogP contribution in [0.5, 0.6) is 5.75 Å². The molecule has 0 atom stereocenters. The predicted molar refractivity (Wildman–Crippen MR) is 117 cm³/mol. The zero-order valence-corrected chi connectivity index (χ0v) is 17.9. The Labute approximate surface area is 181 Å². The minimum Gasteiger partial charge on any atom is -0.495 e. The van der Waals surface area contributed by atoms with Crippen LogP contribution in [-0.2, 0) is 21.2 Å². The van der Waals surface area contributed by atoms with Crippen LogP contribution >= 0.6 is 0 Å². The van der Waals surface area contributed by atoms with Gasteiger partial charge < -0.3 is 10.1 Å². The average molecular weight is 441 g/mol. The van der Waals surface area contributed by atoms with Crippen molar-refractivity contribution in [2.75, 3.05) is 12.4 Å². The van der Waals surface area contributed by atoms with Gasteiger partial charge in [-0.25, -0.2) is 17.8 Å². The molecule has 0 bridgehead atoms. The normalized spacial score (nSPS) is 13.7. The molecule has 1 saturated carbocycles. The largest absolute Gasteiger partial charge is 0.495 e. The van der Waals surface area contributed by atoms with Crippen LogP contribution in [0.25, 0.3) is 5.69 Å². The number of carbonyl (C=O) groups excluding carboxylic acids is 1. The van der Waals surface area contributed by atoms with Crippen LogP contribution in [0, 0.1) is 0 Å². The summed E-state index contributed by atoms with van der Waals surface area (Å²) in [7, 11) is -2.16. The van der Waals surface area contributed by atoms with Gasteiger partial charge in [-0.15, -0.1) is 0 Å². The lowest BCUT2D eigenvalue weighted by Crippen LogP contribution is -2.26. The lowest BCUT2D eigenvalue weighted by Gasteiger charge is -2.13. The van der Waals surface area contributed by atoms with Crippen LogP contribution in [0.3, 0.4) is 0 Å². The minimum atomic E-state index is -3.63. The lowest BCUT2D eigenvalue weighted by molar-refractivity contribution is -0.116. The number of ether oxygens (including phenoxy) is 1. The van der Waals surface area contributed by atoms with Crippen molar-refractivity contribution in [3.63, 3.8) is 0 Å². The van der Waals surface area contributed by atoms with Gasteiger partial charge in [0.25, 0.3) is 0 Å². The van der Waals surface area contributed by atoms with Crippen molar-refractivity contribution in [3.8, 4) is 11.4 Å². The number of nitrogens with zero attached hydrogens (tertiary/aromatic N) is 2. The van der Waals surface area contributed by atoms with Crippen LogP contribution in [0.15, 0.2) is 65.8 Å². The van der Waals surface area contributed by atoms with E-state index in [1.807, 2.05) is 36.5 Å². The molecule has 1 heterocycles. The molecule has 31 heavy (non-hydrogen) atoms. The Morgan fingerprint density at radius 1 is 1.19 bits per heavy atom. The summed E-state index contributed by atoms with van der Waals surface area (Å²) in [6.07, 6.45) is 6.04. The number of nitrogens with one attached hydrogen (secondary N) is 2. The van der Waals surface area contributed by atoms with Crippen LogP contribution in [0.1, 0.15) is 24.8 Å². The Kier molecular flexibility index (Phi) is 6.06. The smallest absolute Gasteiger partial charge is 0.240 e. The molecule has 1 aliphatic carbocycles. The highest BCUT2D eigenvalue weighted by molar-refractivity contribution is 7.89. The summed E-state index contributed by atoms with van der Waals surface area (Å²) in [6.45, 7) is 0. The summed E-state index contributed by atoms with van der Waals surface area (Å²) >= 11 is 0. The zero-order valence-electron chi connectivity index (χ0n) is 17.1. The topological polar surface area (TPSA) is 102 Å². The molecule has 0 saturated heterocycles. The van der Waals surface area contributed by atoms with Gasteiger partial charge in [0, 0.05) is 18.7 Å². The van der Waals surface area contributed by atoms with Crippen molar-refractivity contribution in [1.82, 2.24) is 14.5 Å². The number of benzene rings is 2. The monoisotopic (exact) mass is 440 g/mol. The molecule has 2 N–H and O–H groups in total. The van der Waals surface area contributed by atoms with Crippen LogP contribution < -0.4 is 14.8 Å². The first-order valence-corrected chi connectivity index (χ1v) is 11.5. The number of rotatable bonds is 9. The van der Waals surface area contributed by atoms with Gasteiger partial charge >= 0.3 is 0 Å². The van der Waals surface area contributed by atoms with Gasteiger partial charge in [0.2, 0.25) is 15.9 Å². The van der Waals surface area contributed by atoms with E-state index in [1.54, 1.807) is 16.9 Å². The first-order chi connectivity index (χ1) is 14.9. The van der Waals surface area contributed by atoms with Crippen molar-refractivity contribution in [1.29, 1.82) is 0 Å². The van der Waals surface area contributed by atoms with Gasteiger partial charge in [-0.1, -0.05) is 18.2 Å². The highest BCUT2D eigenvalue weighted by Crippen LogP contribution is 2.29. The number of carbonyl (C=O) groups is 1. The third-order valence-corrected chi connectivity index (χ3v) is 6.47. The number of methoxy groups -OCH3 is 1. The SMILES string of the molecule is COc1ccc(S(=O)(=O)NC2CC2)cc1NC(=O)CCc1cnn(-c2ccccc2)c1. The molecule has 1 fully saturated rings. The van der Waals surface area contributed by atoms with Crippen LogP contribution in [-0.4, -0.2) is 37.3 Å². The maximum Gasteiger partial charge on any atom is 0.240 e. The molecular formula is C22H24N4O4S. The Hall–Kier alpha value is -3.17. The fourth-order valence-electron chi connectivity index (χ4n) is 3.12. The summed E-state index contributed by atoms with van der Waals surface area (Å²) in [6, 6.07) is 14.2. The van der Waals surface area contributed by atoms with Gasteiger partial charge in [-0.05, 0) is 55.2 Å². The number of anilines is 1. The third kappa shape index (κ3) is 5.31. The molecule has 0 spiro atoms. The number of hydrogen-bond donors (Lipinski definition) is 2. The molecule has 3 aromatic rings. The van der Waals surface area contributed by atoms with Crippen molar-refractivity contribution in [2.45, 2.75) is 36.6 Å². The highest BCUT2D eigenvalue weighted by Gasteiger charge is 2.28. The molecule has 1 aromatic heterocycles. The Balaban J connectivity index is 1.41. The zero-order chi connectivity index (χ0) is 21.8. The van der Waals surface area contributed by atoms with Gasteiger partial charge in [0.1, 0.15) is 5.75 Å². The van der Waals surface area contributed by atoms with Crippen LogP contribution in [0.2, 0.25) is 0 Å². The van der Waals surface area contributed by atoms with E-state index < -0.39 is 10.0 Å². The van der Waals surface area contributed by atoms with E-state index >= 15 is 0 Å². The van der Waals surface area contributed by atoms with Crippen molar-refractivity contribution >= 4 is 21.6 Å². The highest BCUT2D eigenvalue weighted by atomic mass is 32.2. The second-order valence-corrected chi connectivity index (χ2v) is 9.15. The van der Waals surface area contributed by atoms with E-state index in [-0.39, 0.29) is 23.3 Å². The molecule has 0 radical (unpaired) electrons. The fourth-order valence-corrected chi connectivity index (χ4v) is 4.45. The summed E-state index contributed by atoms with van der Waals surface area (Å²) in [5.41, 5.74) is 2.20. The van der Waals surface area contributed by atoms with Crippen molar-refractivity contribution in [3.05, 3.63) is 66.5 Å². The Morgan fingerprint density at radius 2 is 1.97 bits per heavy atom. The van der Waals surface area contributed by atoms with Crippen LogP contribution in [0.4, 0.5) is 5.69 Å². The molecule has 4 rings (SSSR count). The van der Waals surface area contributed by atoms with Crippen molar-refractivity contribution in [2.24, 2.45) is 0 Å². The first kappa shape index (κ1) is 21.1. The summed E-state index contributed by atoms with van der Waals surface area (Å²) < 4.78 is 34.6. The average Bonchev–Trinajstić information content (AvgIpc) is 3.44. The van der Waals surface area contributed by atoms with Gasteiger partial charge in [0.05, 0.1) is 29.6 Å². The van der Waals surface area contributed by atoms with E-state index in [4.69, 9.17) is 4.74 Å². The molecule has 1 aliphatic rings. The van der Waals surface area contributed by atoms with Crippen molar-refractivity contribution < 1.29 is 17.9 Å². The summed E-state index contributed by atoms with van der Waals surface area (Å²) in [4.78, 5) is 12.6. The van der Waals surface area contributed by atoms with Gasteiger partial charge in [0.15, 0.2) is 0 Å². The number of amides is 1. The number of para-hydroxylation sites is 1. The first-order valence-electron chi connectivity index (χ1n) is 10.0. The molecule has 162 valence electrons. The van der Waals surface area contributed by atoms with E-state index in [0.29, 0.717) is 17.9 Å². The molecule has 0 aliphatic heterocycles. The number of hydrogen-bond acceptors (Lipinski definition) is 5. The molecule has 8 nitrogen and oxygen atoms in total. The van der Waals surface area contributed by atoms with E-state index in [9.17, 15) is 13.2 Å². The number of aryl methyl sites for hydroxylation is 1. The Bertz CT molecular complexity index is 1170. The molecular weight excluding hydrogens is 416 g/mol. The van der Waals surface area contributed by atoms with Gasteiger partial charge in [-0.3, -0.25) is 4.79 Å². The molecule has 9 heteroatoms. The van der Waals surface area contributed by atoms with E-state index in [1.165, 1.54) is 19.2 Å². The van der Waals surface area contributed by atoms with Gasteiger partial charge in [-0.2, -0.15) is 5.10 Å². The molecule has 0 unspecified atom stereocenters. The summed E-state index contributed by atoms with van der Waals surface area (Å²) in [5, 5.41) is 7.10. The molecule has 2 aromatic carbocycles. The number of sulfonamides is 1. The number of aromatic nitrogens is 2. The Morgan fingerprint density at radius 3 is 2.68 bits per heavy atom. The lowest BCUT2D eigenvalue weighted by atomic mass is 10.2. The maximum absolute atomic E-state index is 12.5. The molecule has 1 amide bonds. The minimum absolute atomic E-state index is 0.00180. The van der Waals surface area contributed by atoms with E-state index in [0.717, 1.165) is 24.1 Å². The maximum atomic E-state index is 12.5. The summed E-state index contributed by atoms with van der Waals surface area (Å²) in [5.74, 6) is 0.158.